The van der Waals surface area contributed by atoms with Crippen LogP contribution in [0.4, 0.5) is 0 Å². The van der Waals surface area contributed by atoms with Gasteiger partial charge in [0, 0.05) is 14.2 Å². The van der Waals surface area contributed by atoms with Gasteiger partial charge in [0.25, 0.3) is 0 Å². The van der Waals surface area contributed by atoms with Crippen molar-refractivity contribution in [3.05, 3.63) is 0 Å². The molecule has 2 radical (unpaired) electrons. The van der Waals surface area contributed by atoms with Gasteiger partial charge in [0.1, 0.15) is 0 Å². The fourth-order valence-electron chi connectivity index (χ4n) is 1.48. The molecule has 0 aliphatic rings. The molecule has 0 fully saturated rings. The molecule has 2 N–H and O–H groups in total. The Kier molecular flexibility index (Phi) is 40.5. The number of unbranched alkanes of at least 4 members (excludes halogenated alkanes) is 6. The Morgan fingerprint density at radius 3 is 1.24 bits per heavy atom. The smallest absolute Gasteiger partial charge is 0.0319 e. The average Bonchev–Trinajstić information content (AvgIpc) is 2.42. The van der Waals surface area contributed by atoms with E-state index in [-0.39, 0.29) is 21.1 Å². The minimum atomic E-state index is 0.104. The van der Waals surface area contributed by atoms with Gasteiger partial charge in [-0.2, -0.15) is 0 Å². The third-order valence-corrected chi connectivity index (χ3v) is 6.45. The molecule has 0 aromatic carbocycles. The van der Waals surface area contributed by atoms with Crippen molar-refractivity contribution in [3.63, 3.8) is 0 Å². The summed E-state index contributed by atoms with van der Waals surface area (Å²) in [5.41, 5.74) is 0. The minimum Gasteiger partial charge on any atom is -0.400 e. The maximum Gasteiger partial charge on any atom is 0.0319 e. The molecule has 0 saturated carbocycles. The summed E-state index contributed by atoms with van der Waals surface area (Å²) in [7, 11) is 2.00. The van der Waals surface area contributed by atoms with E-state index in [4.69, 9.17) is 10.2 Å². The Morgan fingerprint density at radius 2 is 0.941 bits per heavy atom. The van der Waals surface area contributed by atoms with Gasteiger partial charge in [0.2, 0.25) is 0 Å². The Morgan fingerprint density at radius 1 is 0.588 bits per heavy atom. The zero-order valence-electron chi connectivity index (χ0n) is 12.5. The van der Waals surface area contributed by atoms with E-state index in [0.717, 1.165) is 14.2 Å². The van der Waals surface area contributed by atoms with Crippen molar-refractivity contribution in [2.45, 2.75) is 74.1 Å². The van der Waals surface area contributed by atoms with E-state index in [1.54, 1.807) is 21.7 Å². The molecule has 3 heteroatoms. The van der Waals surface area contributed by atoms with Gasteiger partial charge >= 0.3 is 95.2 Å². The van der Waals surface area contributed by atoms with Gasteiger partial charge in [0.15, 0.2) is 0 Å². The molecular weight excluding hydrogens is 319 g/mol. The number of hydrogen-bond donors (Lipinski definition) is 2. The molecule has 0 aliphatic heterocycles. The van der Waals surface area contributed by atoms with E-state index in [2.05, 4.69) is 13.8 Å². The van der Waals surface area contributed by atoms with E-state index >= 15 is 0 Å². The van der Waals surface area contributed by atoms with Crippen molar-refractivity contribution >= 4 is 21.1 Å². The second kappa shape index (κ2) is 30.1. The number of aliphatic hydroxyl groups excluding tert-OH is 2. The normalized spacial score (nSPS) is 8.82. The Labute approximate surface area is 119 Å². The van der Waals surface area contributed by atoms with Crippen LogP contribution in [-0.2, 0) is 0 Å². The topological polar surface area (TPSA) is 40.5 Å². The predicted molar refractivity (Wildman–Crippen MR) is 79.9 cm³/mol. The monoisotopic (exact) mass is 354 g/mol. The standard InChI is InChI=1S/2C6H13.2CH4O.Sn/c2*1-3-5-6-4-2;2*1-2;/h2*1,3-6H2,2H3;2*2H,1H3;. The van der Waals surface area contributed by atoms with Crippen LogP contribution in [0.2, 0.25) is 8.87 Å². The SMILES string of the molecule is CCCCC[CH2][Sn][CH2]CCCCC.CO.CO. The molecule has 0 rings (SSSR count). The van der Waals surface area contributed by atoms with Crippen LogP contribution >= 0.6 is 0 Å². The van der Waals surface area contributed by atoms with Gasteiger partial charge in [-0.05, 0) is 0 Å². The maximum absolute atomic E-state index is 7.00. The van der Waals surface area contributed by atoms with Crippen LogP contribution in [0.5, 0.6) is 0 Å². The first-order valence-electron chi connectivity index (χ1n) is 7.02. The Bertz CT molecular complexity index is 80.3. The fourth-order valence-corrected chi connectivity index (χ4v) is 5.05. The van der Waals surface area contributed by atoms with Crippen molar-refractivity contribution in [1.29, 1.82) is 0 Å². The van der Waals surface area contributed by atoms with Crippen LogP contribution < -0.4 is 0 Å². The third-order valence-electron chi connectivity index (χ3n) is 2.41. The molecule has 0 saturated heterocycles. The van der Waals surface area contributed by atoms with Gasteiger partial charge in [-0.15, -0.1) is 0 Å². The van der Waals surface area contributed by atoms with Crippen molar-refractivity contribution in [2.75, 3.05) is 14.2 Å². The quantitative estimate of drug-likeness (QED) is 0.462. The summed E-state index contributed by atoms with van der Waals surface area (Å²) >= 11 is 0.104. The molecule has 0 spiro atoms. The van der Waals surface area contributed by atoms with Crippen LogP contribution in [-0.4, -0.2) is 45.6 Å². The largest absolute Gasteiger partial charge is 0.400 e. The number of aliphatic hydroxyl groups is 2. The summed E-state index contributed by atoms with van der Waals surface area (Å²) < 4.78 is 3.30. The van der Waals surface area contributed by atoms with Gasteiger partial charge in [-0.1, -0.05) is 0 Å². The Hall–Kier alpha value is 0.719. The van der Waals surface area contributed by atoms with Crippen molar-refractivity contribution < 1.29 is 10.2 Å². The van der Waals surface area contributed by atoms with Crippen LogP contribution in [0.3, 0.4) is 0 Å². The van der Waals surface area contributed by atoms with Crippen molar-refractivity contribution in [3.8, 4) is 0 Å². The number of rotatable bonds is 10. The van der Waals surface area contributed by atoms with Crippen LogP contribution in [0.15, 0.2) is 0 Å². The van der Waals surface area contributed by atoms with Gasteiger partial charge in [-0.25, -0.2) is 0 Å². The molecule has 17 heavy (non-hydrogen) atoms. The summed E-state index contributed by atoms with van der Waals surface area (Å²) in [6.07, 6.45) is 11.8. The second-order valence-corrected chi connectivity index (χ2v) is 8.15. The van der Waals surface area contributed by atoms with E-state index in [1.807, 2.05) is 0 Å². The molecular formula is C14H34O2Sn. The summed E-state index contributed by atoms with van der Waals surface area (Å²) in [5.74, 6) is 0. The van der Waals surface area contributed by atoms with Gasteiger partial charge in [0.05, 0.1) is 0 Å². The Balaban J connectivity index is -0.000000439. The summed E-state index contributed by atoms with van der Waals surface area (Å²) in [6.45, 7) is 4.59. The van der Waals surface area contributed by atoms with Crippen LogP contribution in [0.25, 0.3) is 0 Å². The third kappa shape index (κ3) is 31.5. The van der Waals surface area contributed by atoms with Crippen molar-refractivity contribution in [1.82, 2.24) is 0 Å². The zero-order chi connectivity index (χ0) is 13.8. The van der Waals surface area contributed by atoms with E-state index in [1.165, 1.54) is 38.5 Å². The number of hydrogen-bond acceptors (Lipinski definition) is 2. The molecule has 106 valence electrons. The molecule has 0 aliphatic carbocycles. The fraction of sp³-hybridized carbons (Fsp3) is 1.00. The van der Waals surface area contributed by atoms with E-state index < -0.39 is 0 Å². The summed E-state index contributed by atoms with van der Waals surface area (Å²) in [6, 6.07) is 0. The summed E-state index contributed by atoms with van der Waals surface area (Å²) in [5, 5.41) is 14.0. The molecule has 0 bridgehead atoms. The maximum atomic E-state index is 7.00. The predicted octanol–water partition coefficient (Wildman–Crippen LogP) is 3.90. The van der Waals surface area contributed by atoms with Crippen molar-refractivity contribution in [2.24, 2.45) is 0 Å². The second-order valence-electron chi connectivity index (χ2n) is 3.87. The first-order chi connectivity index (χ1) is 8.41. The first-order valence-corrected chi connectivity index (χ1v) is 11.1. The minimum absolute atomic E-state index is 0.104. The molecule has 0 aromatic rings. The molecule has 0 aromatic heterocycles. The summed E-state index contributed by atoms with van der Waals surface area (Å²) in [4.78, 5) is 0. The molecule has 0 amide bonds. The molecule has 0 unspecified atom stereocenters. The van der Waals surface area contributed by atoms with Gasteiger partial charge in [-0.3, -0.25) is 0 Å². The van der Waals surface area contributed by atoms with Crippen LogP contribution in [0.1, 0.15) is 65.2 Å². The van der Waals surface area contributed by atoms with Crippen LogP contribution in [0, 0.1) is 0 Å². The zero-order valence-corrected chi connectivity index (χ0v) is 15.3. The molecule has 0 heterocycles. The molecule has 2 nitrogen and oxygen atoms in total. The first kappa shape index (κ1) is 22.9. The average molecular weight is 353 g/mol. The van der Waals surface area contributed by atoms with Gasteiger partial charge < -0.3 is 10.2 Å². The van der Waals surface area contributed by atoms with E-state index in [0.29, 0.717) is 0 Å². The molecule has 0 atom stereocenters. The van der Waals surface area contributed by atoms with E-state index in [9.17, 15) is 0 Å².